The van der Waals surface area contributed by atoms with Gasteiger partial charge in [0.2, 0.25) is 0 Å². The minimum atomic E-state index is -3.53. The van der Waals surface area contributed by atoms with Crippen molar-refractivity contribution in [2.75, 3.05) is 18.4 Å². The van der Waals surface area contributed by atoms with E-state index in [2.05, 4.69) is 20.3 Å². The maximum atomic E-state index is 12.8. The molecule has 0 unspecified atom stereocenters. The van der Waals surface area contributed by atoms with Crippen LogP contribution in [0.25, 0.3) is 0 Å². The average Bonchev–Trinajstić information content (AvgIpc) is 3.36. The number of piperidine rings is 1. The molecule has 11 heteroatoms. The number of rotatable bonds is 6. The molecule has 1 atom stereocenters. The zero-order chi connectivity index (χ0) is 19.3. The highest BCUT2D eigenvalue weighted by molar-refractivity contribution is 7.91. The lowest BCUT2D eigenvalue weighted by atomic mass is 10.0. The summed E-state index contributed by atoms with van der Waals surface area (Å²) in [6, 6.07) is 4.52. The molecule has 0 aliphatic carbocycles. The third kappa shape index (κ3) is 4.73. The number of nitrogens with zero attached hydrogens (tertiary/aromatic N) is 2. The molecule has 3 rings (SSSR count). The molecule has 0 radical (unpaired) electrons. The minimum absolute atomic E-state index is 0.149. The van der Waals surface area contributed by atoms with E-state index in [0.717, 1.165) is 19.3 Å². The summed E-state index contributed by atoms with van der Waals surface area (Å²) in [7, 11) is -3.53. The Kier molecular flexibility index (Phi) is 6.24. The molecular weight excluding hydrogens is 392 g/mol. The summed E-state index contributed by atoms with van der Waals surface area (Å²) < 4.78 is 32.0. The fourth-order valence-electron chi connectivity index (χ4n) is 2.99. The minimum Gasteiger partial charge on any atom is -0.363 e. The molecule has 3 heterocycles. The largest absolute Gasteiger partial charge is 0.363 e. The van der Waals surface area contributed by atoms with Crippen LogP contribution in [0.4, 0.5) is 5.82 Å². The Morgan fingerprint density at radius 3 is 2.85 bits per heavy atom. The van der Waals surface area contributed by atoms with Crippen LogP contribution in [-0.4, -0.2) is 48.8 Å². The van der Waals surface area contributed by atoms with E-state index in [9.17, 15) is 18.0 Å². The van der Waals surface area contributed by atoms with Gasteiger partial charge in [0.15, 0.2) is 5.82 Å². The van der Waals surface area contributed by atoms with Crippen molar-refractivity contribution in [1.29, 1.82) is 0 Å². The molecule has 0 bridgehead atoms. The number of nitrogens with one attached hydrogen (secondary N) is 2. The van der Waals surface area contributed by atoms with E-state index >= 15 is 0 Å². The average molecular weight is 412 g/mol. The first kappa shape index (κ1) is 19.5. The number of carbonyl (C=O) groups is 2. The molecule has 1 aliphatic rings. The highest BCUT2D eigenvalue weighted by Crippen LogP contribution is 2.28. The predicted octanol–water partition coefficient (Wildman–Crippen LogP) is 1.42. The third-order valence-corrected chi connectivity index (χ3v) is 7.60. The number of hydrogen-bond donors (Lipinski definition) is 2. The maximum absolute atomic E-state index is 12.8. The highest BCUT2D eigenvalue weighted by Gasteiger charge is 2.33. The fraction of sp³-hybridized carbons (Fsp3) is 0.438. The lowest BCUT2D eigenvalue weighted by molar-refractivity contribution is -0.136. The van der Waals surface area contributed by atoms with E-state index in [4.69, 9.17) is 0 Å². The van der Waals surface area contributed by atoms with Crippen LogP contribution < -0.4 is 10.6 Å². The number of carbonyl (C=O) groups excluding carboxylic acids is 2. The maximum Gasteiger partial charge on any atom is 0.314 e. The Morgan fingerprint density at radius 1 is 1.30 bits per heavy atom. The van der Waals surface area contributed by atoms with Gasteiger partial charge in [0.05, 0.1) is 0 Å². The first-order valence-corrected chi connectivity index (χ1v) is 10.9. The van der Waals surface area contributed by atoms with Crippen molar-refractivity contribution in [3.05, 3.63) is 29.8 Å². The van der Waals surface area contributed by atoms with Gasteiger partial charge in [-0.15, -0.1) is 11.3 Å². The van der Waals surface area contributed by atoms with Gasteiger partial charge in [0, 0.05) is 25.2 Å². The first-order chi connectivity index (χ1) is 13.0. The molecule has 1 aliphatic heterocycles. The van der Waals surface area contributed by atoms with Gasteiger partial charge in [-0.1, -0.05) is 17.6 Å². The summed E-state index contributed by atoms with van der Waals surface area (Å²) in [4.78, 5) is 23.6. The number of hydrogen-bond acceptors (Lipinski definition) is 7. The molecule has 2 aromatic rings. The second-order valence-corrected chi connectivity index (χ2v) is 9.15. The standard InChI is InChI=1S/C16H20N4O5S2/c21-15(16(22)18-13-7-10-25-19-13)17-8-6-12-4-1-2-9-20(12)27(23,24)14-5-3-11-26-14/h3,5,7,10-12H,1-2,4,6,8-9H2,(H,17,21)(H,18,19,22)/t12-/m0/s1. The normalized spacial score (nSPS) is 18.1. The molecule has 27 heavy (non-hydrogen) atoms. The molecule has 146 valence electrons. The first-order valence-electron chi connectivity index (χ1n) is 8.53. The van der Waals surface area contributed by atoms with Crippen LogP contribution in [0.5, 0.6) is 0 Å². The van der Waals surface area contributed by atoms with Gasteiger partial charge in [-0.05, 0) is 30.7 Å². The zero-order valence-corrected chi connectivity index (χ0v) is 16.1. The lowest BCUT2D eigenvalue weighted by Gasteiger charge is -2.34. The topological polar surface area (TPSA) is 122 Å². The van der Waals surface area contributed by atoms with Crippen molar-refractivity contribution in [2.24, 2.45) is 0 Å². The third-order valence-electron chi connectivity index (χ3n) is 4.28. The van der Waals surface area contributed by atoms with E-state index in [1.165, 1.54) is 28.0 Å². The Labute approximate surface area is 160 Å². The van der Waals surface area contributed by atoms with Crippen molar-refractivity contribution >= 4 is 39.0 Å². The summed E-state index contributed by atoms with van der Waals surface area (Å²) in [5, 5.41) is 10.1. The van der Waals surface area contributed by atoms with Gasteiger partial charge in [-0.25, -0.2) is 8.42 Å². The van der Waals surface area contributed by atoms with E-state index in [1.54, 1.807) is 17.5 Å². The van der Waals surface area contributed by atoms with Crippen molar-refractivity contribution in [3.8, 4) is 0 Å². The number of aromatic nitrogens is 1. The van der Waals surface area contributed by atoms with Crippen LogP contribution in [0.15, 0.2) is 38.6 Å². The SMILES string of the molecule is O=C(NCC[C@@H]1CCCCN1S(=O)(=O)c1cccs1)C(=O)Nc1ccon1. The summed E-state index contributed by atoms with van der Waals surface area (Å²) in [6.45, 7) is 0.664. The van der Waals surface area contributed by atoms with Crippen LogP contribution in [0.3, 0.4) is 0 Å². The summed E-state index contributed by atoms with van der Waals surface area (Å²) in [6.07, 6.45) is 4.19. The molecule has 1 saturated heterocycles. The molecule has 2 N–H and O–H groups in total. The quantitative estimate of drug-likeness (QED) is 0.692. The Balaban J connectivity index is 1.54. The lowest BCUT2D eigenvalue weighted by Crippen LogP contribution is -2.45. The molecule has 1 fully saturated rings. The summed E-state index contributed by atoms with van der Waals surface area (Å²) in [5.41, 5.74) is 0. The van der Waals surface area contributed by atoms with Crippen LogP contribution in [0.1, 0.15) is 25.7 Å². The molecule has 9 nitrogen and oxygen atoms in total. The predicted molar refractivity (Wildman–Crippen MR) is 98.6 cm³/mol. The number of amides is 2. The smallest absolute Gasteiger partial charge is 0.314 e. The highest BCUT2D eigenvalue weighted by atomic mass is 32.2. The van der Waals surface area contributed by atoms with Crippen LogP contribution >= 0.6 is 11.3 Å². The Bertz CT molecular complexity index is 865. The van der Waals surface area contributed by atoms with Gasteiger partial charge in [-0.2, -0.15) is 4.31 Å². The van der Waals surface area contributed by atoms with Gasteiger partial charge in [0.25, 0.3) is 10.0 Å². The molecule has 2 amide bonds. The van der Waals surface area contributed by atoms with Crippen LogP contribution in [0, 0.1) is 0 Å². The number of thiophene rings is 1. The van der Waals surface area contributed by atoms with E-state index in [-0.39, 0.29) is 18.4 Å². The molecule has 2 aromatic heterocycles. The van der Waals surface area contributed by atoms with Gasteiger partial charge in [0.1, 0.15) is 10.5 Å². The Morgan fingerprint density at radius 2 is 2.15 bits per heavy atom. The summed E-state index contributed by atoms with van der Waals surface area (Å²) in [5.74, 6) is -1.51. The second kappa shape index (κ2) is 8.63. The van der Waals surface area contributed by atoms with Crippen LogP contribution in [-0.2, 0) is 19.6 Å². The van der Waals surface area contributed by atoms with Gasteiger partial charge < -0.3 is 9.84 Å². The van der Waals surface area contributed by atoms with Gasteiger partial charge in [-0.3, -0.25) is 14.9 Å². The van der Waals surface area contributed by atoms with Crippen molar-refractivity contribution in [2.45, 2.75) is 35.9 Å². The van der Waals surface area contributed by atoms with Crippen LogP contribution in [0.2, 0.25) is 0 Å². The molecule has 0 saturated carbocycles. The van der Waals surface area contributed by atoms with E-state index < -0.39 is 21.8 Å². The molecular formula is C16H20N4O5S2. The van der Waals surface area contributed by atoms with E-state index in [1.807, 2.05) is 0 Å². The van der Waals surface area contributed by atoms with Crippen molar-refractivity contribution in [3.63, 3.8) is 0 Å². The van der Waals surface area contributed by atoms with Crippen molar-refractivity contribution in [1.82, 2.24) is 14.8 Å². The number of anilines is 1. The molecule has 0 aromatic carbocycles. The van der Waals surface area contributed by atoms with E-state index in [0.29, 0.717) is 17.2 Å². The number of sulfonamides is 1. The Hall–Kier alpha value is -2.24. The second-order valence-electron chi connectivity index (χ2n) is 6.08. The molecule has 0 spiro atoms. The monoisotopic (exact) mass is 412 g/mol. The fourth-order valence-corrected chi connectivity index (χ4v) is 5.83. The summed E-state index contributed by atoms with van der Waals surface area (Å²) >= 11 is 1.19. The van der Waals surface area contributed by atoms with Gasteiger partial charge >= 0.3 is 11.8 Å². The van der Waals surface area contributed by atoms with Crippen molar-refractivity contribution < 1.29 is 22.5 Å². The zero-order valence-electron chi connectivity index (χ0n) is 14.5.